The Balaban J connectivity index is 3.39. The molecule has 2 atom stereocenters. The molecule has 1 amide bonds. The number of rotatable bonds is 66. The van der Waals surface area contributed by atoms with Gasteiger partial charge < -0.3 is 20.3 Å². The van der Waals surface area contributed by atoms with Crippen LogP contribution in [0.25, 0.3) is 0 Å². The second kappa shape index (κ2) is 67.6. The molecule has 0 bridgehead atoms. The number of unbranched alkanes of at least 4 members (excludes halogenated alkanes) is 51. The van der Waals surface area contributed by atoms with Gasteiger partial charge in [0.15, 0.2) is 0 Å². The van der Waals surface area contributed by atoms with Crippen molar-refractivity contribution in [3.63, 3.8) is 0 Å². The number of aliphatic hydroxyl groups excluding tert-OH is 2. The van der Waals surface area contributed by atoms with E-state index in [2.05, 4.69) is 43.5 Å². The maximum atomic E-state index is 12.5. The SMILES string of the molecule is CCCCCCCC/C=C\CCCCCCCCCCCC(=O)OCCCCCCCCCCCCCC/C=C\CCCCCCCCCCCCC(=O)NC(CO)C(O)/C=C/CCCCCCCCCCCCCCCC. The van der Waals surface area contributed by atoms with Gasteiger partial charge in [0, 0.05) is 12.8 Å². The maximum absolute atomic E-state index is 12.5. The lowest BCUT2D eigenvalue weighted by Crippen LogP contribution is -2.45. The van der Waals surface area contributed by atoms with Crippen molar-refractivity contribution < 1.29 is 24.5 Å². The Morgan fingerprint density at radius 2 is 0.603 bits per heavy atom. The zero-order valence-corrected chi connectivity index (χ0v) is 52.7. The average molecular weight is 1100 g/mol. The standard InChI is InChI=1S/C72H137NO5/c1-3-5-7-9-11-13-15-17-19-21-30-34-38-42-46-50-54-58-62-66-72(77)78-67-63-59-55-51-47-43-39-35-32-29-27-25-23-22-24-26-28-31-33-37-41-45-49-53-57-61-65-71(76)73-69(68-74)70(75)64-60-56-52-48-44-40-36-20-18-16-14-12-10-8-6-4-2/h17,19,22,24,60,64,69-70,74-75H,3-16,18,20-21,23,25-59,61-63,65-68H2,1-2H3,(H,73,76)/b19-17-,24-22-,64-60+. The summed E-state index contributed by atoms with van der Waals surface area (Å²) in [7, 11) is 0. The highest BCUT2D eigenvalue weighted by Crippen LogP contribution is 2.18. The smallest absolute Gasteiger partial charge is 0.305 e. The van der Waals surface area contributed by atoms with Crippen molar-refractivity contribution in [3.05, 3.63) is 36.5 Å². The largest absolute Gasteiger partial charge is 0.466 e. The van der Waals surface area contributed by atoms with Crippen molar-refractivity contribution in [1.82, 2.24) is 5.32 Å². The van der Waals surface area contributed by atoms with Crippen LogP contribution < -0.4 is 5.32 Å². The third kappa shape index (κ3) is 63.3. The van der Waals surface area contributed by atoms with Crippen LogP contribution in [-0.4, -0.2) is 47.4 Å². The highest BCUT2D eigenvalue weighted by atomic mass is 16.5. The highest BCUT2D eigenvalue weighted by molar-refractivity contribution is 5.76. The first-order valence-electron chi connectivity index (χ1n) is 35.3. The summed E-state index contributed by atoms with van der Waals surface area (Å²) < 4.78 is 5.51. The van der Waals surface area contributed by atoms with Gasteiger partial charge in [0.1, 0.15) is 0 Å². The van der Waals surface area contributed by atoms with Gasteiger partial charge in [0.25, 0.3) is 0 Å². The van der Waals surface area contributed by atoms with E-state index in [0.717, 1.165) is 44.9 Å². The zero-order valence-electron chi connectivity index (χ0n) is 52.7. The molecule has 0 saturated heterocycles. The summed E-state index contributed by atoms with van der Waals surface area (Å²) in [6.45, 7) is 4.93. The van der Waals surface area contributed by atoms with Gasteiger partial charge in [-0.3, -0.25) is 9.59 Å². The molecule has 0 aliphatic rings. The molecule has 0 fully saturated rings. The molecule has 3 N–H and O–H groups in total. The number of allylic oxidation sites excluding steroid dienone is 5. The van der Waals surface area contributed by atoms with Gasteiger partial charge in [-0.25, -0.2) is 0 Å². The fourth-order valence-corrected chi connectivity index (χ4v) is 11.0. The number of esters is 1. The molecule has 0 aromatic rings. The minimum Gasteiger partial charge on any atom is -0.466 e. The van der Waals surface area contributed by atoms with E-state index in [0.29, 0.717) is 19.4 Å². The van der Waals surface area contributed by atoms with E-state index < -0.39 is 12.1 Å². The van der Waals surface area contributed by atoms with Crippen molar-refractivity contribution >= 4 is 11.9 Å². The number of amides is 1. The summed E-state index contributed by atoms with van der Waals surface area (Å²) in [6.07, 6.45) is 86.5. The van der Waals surface area contributed by atoms with E-state index in [-0.39, 0.29) is 18.5 Å². The summed E-state index contributed by atoms with van der Waals surface area (Å²) in [5.74, 6) is -0.0537. The highest BCUT2D eigenvalue weighted by Gasteiger charge is 2.18. The molecular formula is C72H137NO5. The summed E-state index contributed by atoms with van der Waals surface area (Å²) >= 11 is 0. The molecule has 0 aliphatic carbocycles. The Morgan fingerprint density at radius 3 is 0.910 bits per heavy atom. The van der Waals surface area contributed by atoms with Gasteiger partial charge in [-0.2, -0.15) is 0 Å². The molecule has 6 heteroatoms. The lowest BCUT2D eigenvalue weighted by atomic mass is 10.0. The predicted octanol–water partition coefficient (Wildman–Crippen LogP) is 22.7. The van der Waals surface area contributed by atoms with Crippen LogP contribution in [0, 0.1) is 0 Å². The van der Waals surface area contributed by atoms with Gasteiger partial charge in [-0.15, -0.1) is 0 Å². The molecule has 0 aromatic heterocycles. The molecule has 2 unspecified atom stereocenters. The number of aliphatic hydroxyl groups is 2. The molecule has 0 heterocycles. The van der Waals surface area contributed by atoms with Crippen LogP contribution in [0.4, 0.5) is 0 Å². The van der Waals surface area contributed by atoms with Gasteiger partial charge in [-0.1, -0.05) is 326 Å². The number of hydrogen-bond donors (Lipinski definition) is 3. The predicted molar refractivity (Wildman–Crippen MR) is 343 cm³/mol. The first-order chi connectivity index (χ1) is 38.5. The van der Waals surface area contributed by atoms with Crippen LogP contribution in [-0.2, 0) is 14.3 Å². The van der Waals surface area contributed by atoms with Crippen molar-refractivity contribution in [2.45, 2.75) is 398 Å². The van der Waals surface area contributed by atoms with Crippen molar-refractivity contribution in [2.24, 2.45) is 0 Å². The Kier molecular flexibility index (Phi) is 65.9. The summed E-state index contributed by atoms with van der Waals surface area (Å²) in [5.41, 5.74) is 0. The van der Waals surface area contributed by atoms with Crippen molar-refractivity contribution in [2.75, 3.05) is 13.2 Å². The van der Waals surface area contributed by atoms with Crippen LogP contribution in [0.2, 0.25) is 0 Å². The van der Waals surface area contributed by atoms with Crippen molar-refractivity contribution in [3.8, 4) is 0 Å². The van der Waals surface area contributed by atoms with Crippen LogP contribution in [0.15, 0.2) is 36.5 Å². The minimum absolute atomic E-state index is 0.0139. The molecule has 0 aromatic carbocycles. The lowest BCUT2D eigenvalue weighted by molar-refractivity contribution is -0.143. The van der Waals surface area contributed by atoms with E-state index >= 15 is 0 Å². The topological polar surface area (TPSA) is 95.9 Å². The van der Waals surface area contributed by atoms with Crippen LogP contribution in [0.1, 0.15) is 386 Å². The number of ether oxygens (including phenoxy) is 1. The Bertz CT molecular complexity index is 1260. The molecule has 460 valence electrons. The van der Waals surface area contributed by atoms with Gasteiger partial charge in [-0.05, 0) is 83.5 Å². The second-order valence-electron chi connectivity index (χ2n) is 24.2. The molecule has 0 radical (unpaired) electrons. The van der Waals surface area contributed by atoms with E-state index in [4.69, 9.17) is 4.74 Å². The molecule has 78 heavy (non-hydrogen) atoms. The number of carbonyl (C=O) groups excluding carboxylic acids is 2. The van der Waals surface area contributed by atoms with Crippen LogP contribution >= 0.6 is 0 Å². The quantitative estimate of drug-likeness (QED) is 0.0320. The van der Waals surface area contributed by atoms with Gasteiger partial charge >= 0.3 is 5.97 Å². The van der Waals surface area contributed by atoms with Crippen LogP contribution in [0.5, 0.6) is 0 Å². The van der Waals surface area contributed by atoms with Gasteiger partial charge in [0.05, 0.1) is 25.4 Å². The first-order valence-corrected chi connectivity index (χ1v) is 35.3. The Hall–Kier alpha value is -1.92. The Morgan fingerprint density at radius 1 is 0.346 bits per heavy atom. The van der Waals surface area contributed by atoms with Crippen molar-refractivity contribution in [1.29, 1.82) is 0 Å². The summed E-state index contributed by atoms with van der Waals surface area (Å²) in [4.78, 5) is 24.6. The molecule has 0 spiro atoms. The molecule has 6 nitrogen and oxygen atoms in total. The lowest BCUT2D eigenvalue weighted by Gasteiger charge is -2.20. The van der Waals surface area contributed by atoms with E-state index in [1.165, 1.54) is 315 Å². The third-order valence-electron chi connectivity index (χ3n) is 16.4. The first kappa shape index (κ1) is 76.1. The number of nitrogens with one attached hydrogen (secondary N) is 1. The average Bonchev–Trinajstić information content (AvgIpc) is 3.44. The normalized spacial score (nSPS) is 12.7. The molecule has 0 rings (SSSR count). The van der Waals surface area contributed by atoms with E-state index in [1.54, 1.807) is 6.08 Å². The zero-order chi connectivity index (χ0) is 56.4. The monoisotopic (exact) mass is 1100 g/mol. The fraction of sp³-hybridized carbons (Fsp3) is 0.889. The fourth-order valence-electron chi connectivity index (χ4n) is 11.0. The second-order valence-corrected chi connectivity index (χ2v) is 24.2. The maximum Gasteiger partial charge on any atom is 0.305 e. The number of carbonyl (C=O) groups is 2. The van der Waals surface area contributed by atoms with Crippen LogP contribution in [0.3, 0.4) is 0 Å². The van der Waals surface area contributed by atoms with E-state index in [9.17, 15) is 19.8 Å². The van der Waals surface area contributed by atoms with Gasteiger partial charge in [0.2, 0.25) is 5.91 Å². The third-order valence-corrected chi connectivity index (χ3v) is 16.4. The molecule has 0 aliphatic heterocycles. The number of hydrogen-bond acceptors (Lipinski definition) is 5. The molecule has 0 saturated carbocycles. The Labute approximate surface area is 487 Å². The summed E-state index contributed by atoms with van der Waals surface area (Å²) in [6, 6.07) is -0.630. The summed E-state index contributed by atoms with van der Waals surface area (Å²) in [5, 5.41) is 23.2. The van der Waals surface area contributed by atoms with E-state index in [1.807, 2.05) is 6.08 Å². The molecular weight excluding hydrogens is 959 g/mol. The minimum atomic E-state index is -0.846.